The third kappa shape index (κ3) is 18.4. The fraction of sp³-hybridized carbons (Fsp3) is 0.533. The molecule has 1 heterocycles. The van der Waals surface area contributed by atoms with Gasteiger partial charge in [-0.25, -0.2) is 20.1 Å². The van der Waals surface area contributed by atoms with Gasteiger partial charge in [0.25, 0.3) is 11.8 Å². The summed E-state index contributed by atoms with van der Waals surface area (Å²) >= 11 is 0. The smallest absolute Gasteiger partial charge is 0.335 e. The number of carbonyl (C=O) groups excluding carboxylic acids is 3. The zero-order chi connectivity index (χ0) is 21.7. The van der Waals surface area contributed by atoms with Crippen molar-refractivity contribution < 1.29 is 39.3 Å². The Hall–Kier alpha value is -2.24. The lowest BCUT2D eigenvalue weighted by Gasteiger charge is -2.14. The molecular weight excluding hydrogens is 364 g/mol. The monoisotopic (exact) mass is 387 g/mol. The summed E-state index contributed by atoms with van der Waals surface area (Å²) < 4.78 is 4.85. The second kappa shape index (κ2) is 21.8. The van der Waals surface area contributed by atoms with E-state index in [1.165, 1.54) is 0 Å². The van der Waals surface area contributed by atoms with E-state index in [4.69, 9.17) is 25.6 Å². The van der Waals surface area contributed by atoms with E-state index in [1.54, 1.807) is 0 Å². The van der Waals surface area contributed by atoms with Gasteiger partial charge < -0.3 is 9.57 Å². The number of hydroxylamine groups is 2. The first-order chi connectivity index (χ1) is 12.8. The van der Waals surface area contributed by atoms with Crippen molar-refractivity contribution in [1.29, 1.82) is 0 Å². The van der Waals surface area contributed by atoms with Crippen LogP contribution in [0, 0.1) is 27.7 Å². The minimum atomic E-state index is -1.08. The van der Waals surface area contributed by atoms with Crippen LogP contribution in [0.3, 0.4) is 0 Å². The Morgan fingerprint density at radius 3 is 1.81 bits per heavy atom. The van der Waals surface area contributed by atoms with E-state index in [1.807, 2.05) is 0 Å². The van der Waals surface area contributed by atoms with Crippen LogP contribution in [-0.4, -0.2) is 55.5 Å². The van der Waals surface area contributed by atoms with E-state index in [-0.39, 0.29) is 39.3 Å². The third-order valence-electron chi connectivity index (χ3n) is 2.03. The number of ether oxygens (including phenoxy) is 1. The number of hydrogen-bond acceptors (Lipinski definition) is 6. The van der Waals surface area contributed by atoms with Gasteiger partial charge in [-0.1, -0.05) is 5.11 Å². The highest BCUT2D eigenvalue weighted by Crippen LogP contribution is 2.13. The lowest BCUT2D eigenvalue weighted by Crippen LogP contribution is -2.33. The molecule has 0 N–H and O–H groups in total. The van der Waals surface area contributed by atoms with Crippen LogP contribution in [0.2, 0.25) is 0 Å². The van der Waals surface area contributed by atoms with E-state index in [2.05, 4.69) is 42.6 Å². The minimum absolute atomic E-state index is 0.00145. The summed E-state index contributed by atoms with van der Waals surface area (Å²) in [4.78, 5) is 40.8. The summed E-state index contributed by atoms with van der Waals surface area (Å²) in [5, 5.41) is 30.1. The molecule has 7 radical (unpaired) electrons. The maximum Gasteiger partial charge on any atom is 0.335 e. The molecule has 2 amide bonds. The molecule has 1 fully saturated rings. The predicted octanol–water partition coefficient (Wildman–Crippen LogP) is 1.22. The van der Waals surface area contributed by atoms with Gasteiger partial charge in [0.05, 0.1) is 26.2 Å². The highest BCUT2D eigenvalue weighted by atomic mass is 16.7. The molecule has 27 heavy (non-hydrogen) atoms. The van der Waals surface area contributed by atoms with Crippen molar-refractivity contribution in [2.75, 3.05) is 26.4 Å². The second-order valence-electron chi connectivity index (χ2n) is 3.89. The molecule has 1 aliphatic rings. The van der Waals surface area contributed by atoms with Crippen LogP contribution in [0.1, 0.15) is 19.3 Å². The Morgan fingerprint density at radius 1 is 1.07 bits per heavy atom. The second-order valence-corrected chi connectivity index (χ2v) is 3.89. The molecule has 0 spiro atoms. The van der Waals surface area contributed by atoms with Gasteiger partial charge in [-0.05, 0) is 33.2 Å². The van der Waals surface area contributed by atoms with Crippen LogP contribution in [0.25, 0.3) is 10.4 Å². The fourth-order valence-electron chi connectivity index (χ4n) is 1.27. The highest BCUT2D eigenvalue weighted by Gasteiger charge is 2.33. The Labute approximate surface area is 158 Å². The molecule has 1 saturated heterocycles. The number of nitrogens with zero attached hydrogens (tertiary/aromatic N) is 4. The number of azide groups is 1. The van der Waals surface area contributed by atoms with Gasteiger partial charge in [-0.15, -0.1) is 5.06 Å². The molecule has 151 valence electrons. The normalized spacial score (nSPS) is 12.9. The molecule has 0 aromatic carbocycles. The molecule has 1 unspecified atom stereocenters. The zero-order valence-electron chi connectivity index (χ0n) is 14.9. The molecule has 0 saturated carbocycles. The maximum absolute atomic E-state index is 11.4. The third-order valence-corrected chi connectivity index (χ3v) is 2.03. The van der Waals surface area contributed by atoms with Crippen molar-refractivity contribution in [3.05, 3.63) is 38.1 Å². The van der Waals surface area contributed by atoms with Gasteiger partial charge in [0.15, 0.2) is 0 Å². The van der Waals surface area contributed by atoms with Crippen molar-refractivity contribution in [3.8, 4) is 0 Å². The molecule has 1 rings (SSSR count). The molecule has 0 aromatic rings. The molecule has 12 nitrogen and oxygen atoms in total. The summed E-state index contributed by atoms with van der Waals surface area (Å²) in [5.41, 5.74) is 8.23. The predicted molar refractivity (Wildman–Crippen MR) is 88.8 cm³/mol. The molecule has 1 atom stereocenters. The van der Waals surface area contributed by atoms with Crippen LogP contribution in [0.15, 0.2) is 5.11 Å². The van der Waals surface area contributed by atoms with Crippen LogP contribution in [0.5, 0.6) is 0 Å². The number of imide groups is 1. The molecule has 1 aliphatic heterocycles. The summed E-state index contributed by atoms with van der Waals surface area (Å²) in [5.74, 6) is -2.05. The summed E-state index contributed by atoms with van der Waals surface area (Å²) in [7, 11) is 0. The number of hydrogen-bond donors (Lipinski definition) is 0. The molecule has 0 aromatic heterocycles. The Bertz CT molecular complexity index is 434. The van der Waals surface area contributed by atoms with Crippen molar-refractivity contribution in [2.45, 2.75) is 25.5 Å². The lowest BCUT2D eigenvalue weighted by atomic mass is 10.4. The van der Waals surface area contributed by atoms with E-state index < -0.39 is 30.4 Å². The van der Waals surface area contributed by atoms with Gasteiger partial charge in [-0.2, -0.15) is 0 Å². The van der Waals surface area contributed by atoms with Gasteiger partial charge in [0.1, 0.15) is 6.23 Å². The van der Waals surface area contributed by atoms with Gasteiger partial charge in [0.2, 0.25) is 0 Å². The van der Waals surface area contributed by atoms with E-state index in [9.17, 15) is 14.4 Å². The fourth-order valence-corrected chi connectivity index (χ4v) is 1.27. The average Bonchev–Trinajstić information content (AvgIpc) is 2.89. The number of rotatable bonds is 6. The van der Waals surface area contributed by atoms with Gasteiger partial charge >= 0.3 is 5.97 Å². The Morgan fingerprint density at radius 2 is 1.48 bits per heavy atom. The van der Waals surface area contributed by atoms with Gasteiger partial charge in [-0.3, -0.25) is 9.59 Å². The van der Waals surface area contributed by atoms with E-state index >= 15 is 0 Å². The number of amides is 2. The summed E-state index contributed by atoms with van der Waals surface area (Å²) in [6.07, 6.45) is -1.45. The molecular formula is C15H23N4O8. The van der Waals surface area contributed by atoms with Gasteiger partial charge in [0, 0.05) is 24.4 Å². The van der Waals surface area contributed by atoms with Crippen LogP contribution < -0.4 is 0 Å². The standard InChI is InChI=1S/C9H11N4O5.3C2H4O/c1-2-17-6(11-12-10)5-9(16)18-13-7(14)3-4-8(13)15;3*1-2-3/h6H,1-5H2;3*1-2H2. The first-order valence-electron chi connectivity index (χ1n) is 7.46. The van der Waals surface area contributed by atoms with Crippen molar-refractivity contribution in [2.24, 2.45) is 5.11 Å². The highest BCUT2D eigenvalue weighted by molar-refractivity contribution is 6.01. The van der Waals surface area contributed by atoms with Crippen molar-refractivity contribution in [3.63, 3.8) is 0 Å². The summed E-state index contributed by atoms with van der Waals surface area (Å²) in [6.45, 7) is 11.4. The minimum Gasteiger partial charge on any atom is -0.372 e. The Kier molecular flexibility index (Phi) is 23.8. The van der Waals surface area contributed by atoms with Crippen LogP contribution >= 0.6 is 0 Å². The topological polar surface area (TPSA) is 181 Å². The SMILES string of the molecule is [CH2]COC(CC(=O)ON1C(=O)CCC1=O)N=[N+]=[N-].[CH2]C[O].[CH2]C[O].[CH2]C[O]. The van der Waals surface area contributed by atoms with Crippen LogP contribution in [-0.2, 0) is 39.3 Å². The van der Waals surface area contributed by atoms with Crippen molar-refractivity contribution in [1.82, 2.24) is 5.06 Å². The molecule has 0 bridgehead atoms. The largest absolute Gasteiger partial charge is 0.372 e. The first kappa shape index (κ1) is 29.5. The van der Waals surface area contributed by atoms with E-state index in [0.717, 1.165) is 0 Å². The molecule has 12 heteroatoms. The lowest BCUT2D eigenvalue weighted by molar-refractivity contribution is -0.199. The van der Waals surface area contributed by atoms with Crippen LogP contribution in [0.4, 0.5) is 0 Å². The number of carbonyl (C=O) groups is 3. The average molecular weight is 387 g/mol. The quantitative estimate of drug-likeness (QED) is 0.287. The zero-order valence-corrected chi connectivity index (χ0v) is 14.9. The Balaban J connectivity index is -0.000000540. The molecule has 0 aliphatic carbocycles. The first-order valence-corrected chi connectivity index (χ1v) is 7.46. The van der Waals surface area contributed by atoms with E-state index in [0.29, 0.717) is 5.06 Å². The summed E-state index contributed by atoms with van der Waals surface area (Å²) in [6, 6.07) is 0. The maximum atomic E-state index is 11.4. The van der Waals surface area contributed by atoms with Crippen molar-refractivity contribution >= 4 is 17.8 Å².